The molecule has 3 nitrogen and oxygen atoms in total. The van der Waals surface area contributed by atoms with E-state index in [1.165, 1.54) is 0 Å². The Hall–Kier alpha value is -1.78. The van der Waals surface area contributed by atoms with Gasteiger partial charge in [-0.05, 0) is 12.1 Å². The Balaban J connectivity index is 3.15. The lowest BCUT2D eigenvalue weighted by atomic mass is 10.1. The van der Waals surface area contributed by atoms with Gasteiger partial charge in [-0.25, -0.2) is 8.78 Å². The van der Waals surface area contributed by atoms with Crippen molar-refractivity contribution in [3.8, 4) is 0 Å². The summed E-state index contributed by atoms with van der Waals surface area (Å²) in [4.78, 5) is 21.2. The molecule has 0 saturated carbocycles. The van der Waals surface area contributed by atoms with E-state index in [9.17, 15) is 18.4 Å². The number of nitrogens with two attached hydrogens (primary N) is 1. The molecule has 0 radical (unpaired) electrons. The monoisotopic (exact) mass is 185 g/mol. The average molecular weight is 185 g/mol. The van der Waals surface area contributed by atoms with Gasteiger partial charge in [0.15, 0.2) is 0 Å². The first-order valence-corrected chi connectivity index (χ1v) is 3.31. The summed E-state index contributed by atoms with van der Waals surface area (Å²) in [6.45, 7) is 0. The summed E-state index contributed by atoms with van der Waals surface area (Å²) in [6.07, 6.45) is 0. The lowest BCUT2D eigenvalue weighted by molar-refractivity contribution is -0.114. The van der Waals surface area contributed by atoms with E-state index in [0.717, 1.165) is 12.1 Å². The molecule has 1 amide bonds. The van der Waals surface area contributed by atoms with Crippen LogP contribution in [-0.2, 0) is 4.79 Å². The molecule has 0 aliphatic rings. The number of hydrogen-bond donors (Lipinski definition) is 1. The second kappa shape index (κ2) is 3.30. The molecule has 2 N–H and O–H groups in total. The SMILES string of the molecule is NC(=O)C(=O)c1cc(F)cc(F)c1. The van der Waals surface area contributed by atoms with Crippen molar-refractivity contribution < 1.29 is 18.4 Å². The summed E-state index contributed by atoms with van der Waals surface area (Å²) in [6, 6.07) is 2.09. The molecule has 1 rings (SSSR count). The van der Waals surface area contributed by atoms with E-state index in [2.05, 4.69) is 5.73 Å². The Labute approximate surface area is 72.2 Å². The quantitative estimate of drug-likeness (QED) is 0.542. The third kappa shape index (κ3) is 2.08. The van der Waals surface area contributed by atoms with Crippen molar-refractivity contribution in [3.05, 3.63) is 35.4 Å². The van der Waals surface area contributed by atoms with Crippen LogP contribution < -0.4 is 5.73 Å². The molecule has 5 heteroatoms. The van der Waals surface area contributed by atoms with Gasteiger partial charge in [-0.1, -0.05) is 0 Å². The zero-order chi connectivity index (χ0) is 10.0. The number of benzene rings is 1. The van der Waals surface area contributed by atoms with Crippen LogP contribution in [0.1, 0.15) is 10.4 Å². The molecule has 0 atom stereocenters. The van der Waals surface area contributed by atoms with E-state index < -0.39 is 23.3 Å². The molecule has 0 aliphatic carbocycles. The van der Waals surface area contributed by atoms with Gasteiger partial charge in [0, 0.05) is 11.6 Å². The first-order valence-electron chi connectivity index (χ1n) is 3.31. The maximum Gasteiger partial charge on any atom is 0.289 e. The topological polar surface area (TPSA) is 60.2 Å². The van der Waals surface area contributed by atoms with Crippen LogP contribution in [0.25, 0.3) is 0 Å². The summed E-state index contributed by atoms with van der Waals surface area (Å²) in [5, 5.41) is 0. The zero-order valence-electron chi connectivity index (χ0n) is 6.38. The molecule has 0 fully saturated rings. The fourth-order valence-electron chi connectivity index (χ4n) is 0.827. The molecule has 0 aromatic heterocycles. The Morgan fingerprint density at radius 2 is 1.54 bits per heavy atom. The van der Waals surface area contributed by atoms with Gasteiger partial charge in [0.1, 0.15) is 11.6 Å². The molecular formula is C8H5F2NO2. The smallest absolute Gasteiger partial charge is 0.289 e. The van der Waals surface area contributed by atoms with Crippen molar-refractivity contribution in [2.75, 3.05) is 0 Å². The number of Topliss-reactive ketones (excluding diaryl/α,β-unsaturated/α-hetero) is 1. The van der Waals surface area contributed by atoms with Crippen LogP contribution >= 0.6 is 0 Å². The number of halogens is 2. The van der Waals surface area contributed by atoms with Crippen molar-refractivity contribution in [1.29, 1.82) is 0 Å². The first kappa shape index (κ1) is 9.31. The Bertz CT molecular complexity index is 356. The van der Waals surface area contributed by atoms with E-state index >= 15 is 0 Å². The van der Waals surface area contributed by atoms with Gasteiger partial charge < -0.3 is 5.73 Å². The van der Waals surface area contributed by atoms with Gasteiger partial charge in [-0.15, -0.1) is 0 Å². The standard InChI is InChI=1S/C8H5F2NO2/c9-5-1-4(2-6(10)3-5)7(12)8(11)13/h1-3H,(H2,11,13). The fourth-order valence-corrected chi connectivity index (χ4v) is 0.827. The summed E-state index contributed by atoms with van der Waals surface area (Å²) < 4.78 is 25.0. The van der Waals surface area contributed by atoms with Gasteiger partial charge in [0.25, 0.3) is 5.91 Å². The van der Waals surface area contributed by atoms with E-state index in [4.69, 9.17) is 0 Å². The van der Waals surface area contributed by atoms with Crippen molar-refractivity contribution in [2.24, 2.45) is 5.73 Å². The maximum atomic E-state index is 12.5. The first-order chi connectivity index (χ1) is 6.00. The minimum atomic E-state index is -1.25. The molecule has 0 saturated heterocycles. The average Bonchev–Trinajstić information content (AvgIpc) is 2.01. The molecule has 0 bridgehead atoms. The number of rotatable bonds is 2. The molecule has 1 aromatic rings. The third-order valence-electron chi connectivity index (χ3n) is 1.35. The van der Waals surface area contributed by atoms with Gasteiger partial charge >= 0.3 is 0 Å². The summed E-state index contributed by atoms with van der Waals surface area (Å²) in [5.41, 5.74) is 4.25. The molecule has 13 heavy (non-hydrogen) atoms. The van der Waals surface area contributed by atoms with Crippen LogP contribution in [0.2, 0.25) is 0 Å². The molecule has 0 spiro atoms. The molecule has 68 valence electrons. The van der Waals surface area contributed by atoms with E-state index in [1.807, 2.05) is 0 Å². The molecule has 0 heterocycles. The number of hydrogen-bond acceptors (Lipinski definition) is 2. The van der Waals surface area contributed by atoms with Crippen molar-refractivity contribution in [2.45, 2.75) is 0 Å². The summed E-state index contributed by atoms with van der Waals surface area (Å²) in [7, 11) is 0. The van der Waals surface area contributed by atoms with Crippen molar-refractivity contribution in [3.63, 3.8) is 0 Å². The highest BCUT2D eigenvalue weighted by atomic mass is 19.1. The predicted octanol–water partition coefficient (Wildman–Crippen LogP) is 0.633. The maximum absolute atomic E-state index is 12.5. The van der Waals surface area contributed by atoms with E-state index in [1.54, 1.807) is 0 Å². The fraction of sp³-hybridized carbons (Fsp3) is 0. The number of carbonyl (C=O) groups is 2. The minimum absolute atomic E-state index is 0.384. The number of carbonyl (C=O) groups excluding carboxylic acids is 2. The number of ketones is 1. The highest BCUT2D eigenvalue weighted by molar-refractivity contribution is 6.42. The van der Waals surface area contributed by atoms with Gasteiger partial charge in [0.2, 0.25) is 5.78 Å². The number of amides is 1. The Kier molecular flexibility index (Phi) is 2.36. The molecule has 0 aliphatic heterocycles. The van der Waals surface area contributed by atoms with Crippen LogP contribution in [0, 0.1) is 11.6 Å². The van der Waals surface area contributed by atoms with Gasteiger partial charge in [-0.3, -0.25) is 9.59 Å². The molecular weight excluding hydrogens is 180 g/mol. The largest absolute Gasteiger partial charge is 0.363 e. The predicted molar refractivity (Wildman–Crippen MR) is 39.9 cm³/mol. The van der Waals surface area contributed by atoms with Crippen LogP contribution in [-0.4, -0.2) is 11.7 Å². The number of primary amides is 1. The third-order valence-corrected chi connectivity index (χ3v) is 1.35. The van der Waals surface area contributed by atoms with Crippen molar-refractivity contribution >= 4 is 11.7 Å². The Morgan fingerprint density at radius 1 is 1.08 bits per heavy atom. The summed E-state index contributed by atoms with van der Waals surface area (Å²) >= 11 is 0. The highest BCUT2D eigenvalue weighted by Gasteiger charge is 2.13. The van der Waals surface area contributed by atoms with Gasteiger partial charge in [-0.2, -0.15) is 0 Å². The minimum Gasteiger partial charge on any atom is -0.363 e. The molecule has 1 aromatic carbocycles. The molecule has 0 unspecified atom stereocenters. The lowest BCUT2D eigenvalue weighted by Crippen LogP contribution is -2.23. The van der Waals surface area contributed by atoms with Crippen LogP contribution in [0.15, 0.2) is 18.2 Å². The van der Waals surface area contributed by atoms with Crippen molar-refractivity contribution in [1.82, 2.24) is 0 Å². The second-order valence-corrected chi connectivity index (χ2v) is 2.35. The summed E-state index contributed by atoms with van der Waals surface area (Å²) in [5.74, 6) is -4.21. The van der Waals surface area contributed by atoms with Crippen LogP contribution in [0.5, 0.6) is 0 Å². The normalized spacial score (nSPS) is 9.69. The second-order valence-electron chi connectivity index (χ2n) is 2.35. The van der Waals surface area contributed by atoms with E-state index in [0.29, 0.717) is 6.07 Å². The highest BCUT2D eigenvalue weighted by Crippen LogP contribution is 2.08. The van der Waals surface area contributed by atoms with Crippen LogP contribution in [0.4, 0.5) is 8.78 Å². The lowest BCUT2D eigenvalue weighted by Gasteiger charge is -1.96. The Morgan fingerprint density at radius 3 is 1.92 bits per heavy atom. The van der Waals surface area contributed by atoms with E-state index in [-0.39, 0.29) is 5.56 Å². The van der Waals surface area contributed by atoms with Crippen LogP contribution in [0.3, 0.4) is 0 Å². The van der Waals surface area contributed by atoms with Gasteiger partial charge in [0.05, 0.1) is 0 Å². The zero-order valence-corrected chi connectivity index (χ0v) is 6.38.